The summed E-state index contributed by atoms with van der Waals surface area (Å²) in [6, 6.07) is 4.84. The molecule has 20 heavy (non-hydrogen) atoms. The van der Waals surface area contributed by atoms with Crippen LogP contribution >= 0.6 is 11.3 Å². The summed E-state index contributed by atoms with van der Waals surface area (Å²) in [5.74, 6) is 0. The topological polar surface area (TPSA) is 45.4 Å². The van der Waals surface area contributed by atoms with Crippen LogP contribution in [0, 0.1) is 6.92 Å². The molecule has 108 valence electrons. The molecule has 1 unspecified atom stereocenters. The number of nitrogens with two attached hydrogens (primary N) is 1. The summed E-state index contributed by atoms with van der Waals surface area (Å²) in [6.07, 6.45) is 1.17. The summed E-state index contributed by atoms with van der Waals surface area (Å²) in [6.45, 7) is 7.47. The lowest BCUT2D eigenvalue weighted by atomic mass is 10.1. The van der Waals surface area contributed by atoms with Crippen molar-refractivity contribution in [3.8, 4) is 0 Å². The number of fused-ring (bicyclic) bond motifs is 1. The van der Waals surface area contributed by atoms with Gasteiger partial charge in [0.05, 0.1) is 26.6 Å². The molecule has 0 spiro atoms. The minimum atomic E-state index is 0.607. The molecule has 4 nitrogen and oxygen atoms in total. The lowest BCUT2D eigenvalue weighted by Crippen LogP contribution is -2.51. The highest BCUT2D eigenvalue weighted by Gasteiger charge is 2.24. The number of benzene rings is 1. The summed E-state index contributed by atoms with van der Waals surface area (Å²) >= 11 is 1.71. The highest BCUT2D eigenvalue weighted by Crippen LogP contribution is 2.33. The molecule has 5 heteroatoms. The first-order chi connectivity index (χ1) is 9.58. The SMILES string of the molecule is CCC1CN(c2cc3nc(C)sc3cc2N)CCN1C. The van der Waals surface area contributed by atoms with Crippen LogP contribution in [0.3, 0.4) is 0 Å². The molecule has 2 N–H and O–H groups in total. The summed E-state index contributed by atoms with van der Waals surface area (Å²) in [5, 5.41) is 1.10. The fourth-order valence-electron chi connectivity index (χ4n) is 2.97. The average molecular weight is 290 g/mol. The Kier molecular flexibility index (Phi) is 3.56. The van der Waals surface area contributed by atoms with Gasteiger partial charge in [-0.1, -0.05) is 6.92 Å². The largest absolute Gasteiger partial charge is 0.397 e. The van der Waals surface area contributed by atoms with Crippen LogP contribution in [0.5, 0.6) is 0 Å². The van der Waals surface area contributed by atoms with Crippen LogP contribution in [0.4, 0.5) is 11.4 Å². The van der Waals surface area contributed by atoms with Crippen molar-refractivity contribution in [2.24, 2.45) is 0 Å². The molecule has 1 aliphatic heterocycles. The van der Waals surface area contributed by atoms with Gasteiger partial charge in [-0.2, -0.15) is 0 Å². The molecule has 2 heterocycles. The quantitative estimate of drug-likeness (QED) is 0.864. The Hall–Kier alpha value is -1.33. The first-order valence-corrected chi connectivity index (χ1v) is 8.02. The van der Waals surface area contributed by atoms with Gasteiger partial charge in [0.2, 0.25) is 0 Å². The van der Waals surface area contributed by atoms with Gasteiger partial charge in [-0.05, 0) is 32.5 Å². The first kappa shape index (κ1) is 13.6. The summed E-state index contributed by atoms with van der Waals surface area (Å²) in [7, 11) is 2.21. The van der Waals surface area contributed by atoms with Crippen molar-refractivity contribution in [3.63, 3.8) is 0 Å². The molecule has 2 aromatic rings. The Labute approximate surface area is 124 Å². The van der Waals surface area contributed by atoms with E-state index in [1.165, 1.54) is 11.1 Å². The van der Waals surface area contributed by atoms with Gasteiger partial charge in [-0.15, -0.1) is 11.3 Å². The maximum Gasteiger partial charge on any atom is 0.0907 e. The van der Waals surface area contributed by atoms with Gasteiger partial charge in [0.1, 0.15) is 0 Å². The Balaban J connectivity index is 1.95. The Bertz CT molecular complexity index is 622. The number of hydrogen-bond acceptors (Lipinski definition) is 5. The Morgan fingerprint density at radius 3 is 2.95 bits per heavy atom. The van der Waals surface area contributed by atoms with Crippen LogP contribution in [-0.2, 0) is 0 Å². The van der Waals surface area contributed by atoms with Gasteiger partial charge in [0, 0.05) is 25.7 Å². The summed E-state index contributed by atoms with van der Waals surface area (Å²) < 4.78 is 1.19. The van der Waals surface area contributed by atoms with E-state index in [4.69, 9.17) is 5.73 Å². The van der Waals surface area contributed by atoms with Gasteiger partial charge >= 0.3 is 0 Å². The van der Waals surface area contributed by atoms with E-state index in [1.54, 1.807) is 11.3 Å². The van der Waals surface area contributed by atoms with Gasteiger partial charge < -0.3 is 10.6 Å². The van der Waals surface area contributed by atoms with E-state index in [2.05, 4.69) is 40.9 Å². The second kappa shape index (κ2) is 5.22. The van der Waals surface area contributed by atoms with E-state index in [1.807, 2.05) is 6.92 Å². The van der Waals surface area contributed by atoms with Crippen molar-refractivity contribution in [1.29, 1.82) is 0 Å². The third kappa shape index (κ3) is 2.36. The molecule has 1 fully saturated rings. The zero-order chi connectivity index (χ0) is 14.3. The molecule has 0 bridgehead atoms. The third-order valence-electron chi connectivity index (χ3n) is 4.23. The van der Waals surface area contributed by atoms with Crippen LogP contribution in [0.2, 0.25) is 0 Å². The second-order valence-corrected chi connectivity index (χ2v) is 6.84. The number of hydrogen-bond donors (Lipinski definition) is 1. The maximum atomic E-state index is 6.27. The van der Waals surface area contributed by atoms with E-state index >= 15 is 0 Å². The lowest BCUT2D eigenvalue weighted by molar-refractivity contribution is 0.213. The molecular formula is C15H22N4S. The number of anilines is 2. The third-order valence-corrected chi connectivity index (χ3v) is 5.17. The normalized spacial score (nSPS) is 20.8. The first-order valence-electron chi connectivity index (χ1n) is 7.20. The van der Waals surface area contributed by atoms with Crippen LogP contribution in [-0.4, -0.2) is 42.6 Å². The van der Waals surface area contributed by atoms with Gasteiger partial charge in [0.25, 0.3) is 0 Å². The zero-order valence-corrected chi connectivity index (χ0v) is 13.2. The van der Waals surface area contributed by atoms with E-state index in [0.717, 1.165) is 41.5 Å². The predicted octanol–water partition coefficient (Wildman–Crippen LogP) is 2.72. The van der Waals surface area contributed by atoms with Crippen molar-refractivity contribution in [2.75, 3.05) is 37.3 Å². The number of nitrogens with zero attached hydrogens (tertiary/aromatic N) is 3. The maximum absolute atomic E-state index is 6.27. The van der Waals surface area contributed by atoms with Crippen molar-refractivity contribution < 1.29 is 0 Å². The van der Waals surface area contributed by atoms with Crippen LogP contribution in [0.25, 0.3) is 10.2 Å². The number of likely N-dealkylation sites (N-methyl/N-ethyl adjacent to an activating group) is 1. The molecule has 3 rings (SSSR count). The van der Waals surface area contributed by atoms with Gasteiger partial charge in [-0.3, -0.25) is 4.90 Å². The smallest absolute Gasteiger partial charge is 0.0907 e. The van der Waals surface area contributed by atoms with E-state index in [9.17, 15) is 0 Å². The standard InChI is InChI=1S/C15H22N4S/c1-4-11-9-19(6-5-18(11)3)14-8-13-15(7-12(14)16)20-10(2)17-13/h7-8,11H,4-6,9,16H2,1-3H3. The number of thiazole rings is 1. The molecular weight excluding hydrogens is 268 g/mol. The van der Waals surface area contributed by atoms with Crippen molar-refractivity contribution in [1.82, 2.24) is 9.88 Å². The molecule has 1 aliphatic rings. The summed E-state index contributed by atoms with van der Waals surface area (Å²) in [5.41, 5.74) is 9.37. The molecule has 0 radical (unpaired) electrons. The molecule has 1 saturated heterocycles. The van der Waals surface area contributed by atoms with Gasteiger partial charge in [0.15, 0.2) is 0 Å². The number of nitrogen functional groups attached to an aromatic ring is 1. The van der Waals surface area contributed by atoms with E-state index in [0.29, 0.717) is 6.04 Å². The minimum absolute atomic E-state index is 0.607. The summed E-state index contributed by atoms with van der Waals surface area (Å²) in [4.78, 5) is 9.45. The highest BCUT2D eigenvalue weighted by molar-refractivity contribution is 7.18. The monoisotopic (exact) mass is 290 g/mol. The van der Waals surface area contributed by atoms with E-state index in [-0.39, 0.29) is 0 Å². The predicted molar refractivity (Wildman–Crippen MR) is 87.7 cm³/mol. The van der Waals surface area contributed by atoms with Crippen LogP contribution in [0.15, 0.2) is 12.1 Å². The highest BCUT2D eigenvalue weighted by atomic mass is 32.1. The lowest BCUT2D eigenvalue weighted by Gasteiger charge is -2.40. The van der Waals surface area contributed by atoms with Gasteiger partial charge in [-0.25, -0.2) is 4.98 Å². The number of rotatable bonds is 2. The molecule has 0 aliphatic carbocycles. The van der Waals surface area contributed by atoms with Crippen molar-refractivity contribution >= 4 is 32.9 Å². The van der Waals surface area contributed by atoms with E-state index < -0.39 is 0 Å². The van der Waals surface area contributed by atoms with Crippen LogP contribution in [0.1, 0.15) is 18.4 Å². The Morgan fingerprint density at radius 1 is 1.40 bits per heavy atom. The zero-order valence-electron chi connectivity index (χ0n) is 12.4. The number of aromatic nitrogens is 1. The van der Waals surface area contributed by atoms with Crippen molar-refractivity contribution in [3.05, 3.63) is 17.1 Å². The Morgan fingerprint density at radius 2 is 2.20 bits per heavy atom. The fourth-order valence-corrected chi connectivity index (χ4v) is 3.83. The molecule has 1 aromatic heterocycles. The van der Waals surface area contributed by atoms with Crippen molar-refractivity contribution in [2.45, 2.75) is 26.3 Å². The molecule has 1 aromatic carbocycles. The number of aryl methyl sites for hydroxylation is 1. The molecule has 1 atom stereocenters. The second-order valence-electron chi connectivity index (χ2n) is 5.60. The number of piperazine rings is 1. The minimum Gasteiger partial charge on any atom is -0.397 e. The average Bonchev–Trinajstić information content (AvgIpc) is 2.77. The fraction of sp³-hybridized carbons (Fsp3) is 0.533. The molecule has 0 saturated carbocycles. The molecule has 0 amide bonds. The van der Waals surface area contributed by atoms with Crippen LogP contribution < -0.4 is 10.6 Å².